The van der Waals surface area contributed by atoms with Gasteiger partial charge in [-0.25, -0.2) is 4.79 Å². The molecular weight excluding hydrogens is 342 g/mol. The zero-order valence-corrected chi connectivity index (χ0v) is 13.7. The van der Waals surface area contributed by atoms with E-state index in [0.29, 0.717) is 22.4 Å². The van der Waals surface area contributed by atoms with Crippen molar-refractivity contribution in [1.82, 2.24) is 5.32 Å². The number of halogens is 1. The molecule has 0 saturated carbocycles. The second kappa shape index (κ2) is 8.63. The molecule has 1 N–H and O–H groups in total. The smallest absolute Gasteiger partial charge is 0.337 e. The van der Waals surface area contributed by atoms with E-state index in [-0.39, 0.29) is 18.6 Å². The van der Waals surface area contributed by atoms with E-state index >= 15 is 0 Å². The van der Waals surface area contributed by atoms with Gasteiger partial charge in [0.25, 0.3) is 5.91 Å². The molecule has 0 aliphatic carbocycles. The molecule has 6 nitrogen and oxygen atoms in total. The highest BCUT2D eigenvalue weighted by Crippen LogP contribution is 2.26. The molecule has 0 aliphatic heterocycles. The third-order valence-electron chi connectivity index (χ3n) is 2.54. The zero-order valence-electron chi connectivity index (χ0n) is 12.1. The SMILES string of the molecule is COC[C@@H](C)NC(=O)COc1ccc(C(=O)OC)cc1Br. The molecule has 1 aromatic carbocycles. The number of hydrogen-bond acceptors (Lipinski definition) is 5. The van der Waals surface area contributed by atoms with Crippen molar-refractivity contribution in [3.05, 3.63) is 28.2 Å². The average Bonchev–Trinajstić information content (AvgIpc) is 2.45. The molecule has 0 radical (unpaired) electrons. The van der Waals surface area contributed by atoms with Crippen LogP contribution in [0.4, 0.5) is 0 Å². The van der Waals surface area contributed by atoms with Gasteiger partial charge >= 0.3 is 5.97 Å². The molecule has 0 aliphatic rings. The third kappa shape index (κ3) is 5.73. The fraction of sp³-hybridized carbons (Fsp3) is 0.429. The Kier molecular flexibility index (Phi) is 7.18. The third-order valence-corrected chi connectivity index (χ3v) is 3.16. The number of amides is 1. The van der Waals surface area contributed by atoms with E-state index in [0.717, 1.165) is 0 Å². The van der Waals surface area contributed by atoms with Crippen LogP contribution < -0.4 is 10.1 Å². The van der Waals surface area contributed by atoms with Crippen molar-refractivity contribution >= 4 is 27.8 Å². The number of nitrogens with one attached hydrogen (secondary N) is 1. The molecule has 0 unspecified atom stereocenters. The van der Waals surface area contributed by atoms with Crippen LogP contribution in [0.2, 0.25) is 0 Å². The van der Waals surface area contributed by atoms with E-state index in [1.807, 2.05) is 6.92 Å². The minimum absolute atomic E-state index is 0.0868. The molecule has 0 saturated heterocycles. The summed E-state index contributed by atoms with van der Waals surface area (Å²) in [6, 6.07) is 4.66. The molecule has 0 heterocycles. The summed E-state index contributed by atoms with van der Waals surface area (Å²) in [6.07, 6.45) is 0. The van der Waals surface area contributed by atoms with Crippen LogP contribution in [-0.2, 0) is 14.3 Å². The Balaban J connectivity index is 2.56. The topological polar surface area (TPSA) is 73.9 Å². The maximum absolute atomic E-state index is 11.7. The summed E-state index contributed by atoms with van der Waals surface area (Å²) >= 11 is 3.29. The molecule has 0 spiro atoms. The molecule has 1 rings (SSSR count). The van der Waals surface area contributed by atoms with Gasteiger partial charge in [0, 0.05) is 13.2 Å². The Morgan fingerprint density at radius 3 is 2.62 bits per heavy atom. The van der Waals surface area contributed by atoms with Crippen LogP contribution in [0, 0.1) is 0 Å². The molecule has 116 valence electrons. The first-order chi connectivity index (χ1) is 9.97. The Bertz CT molecular complexity index is 506. The molecule has 0 bridgehead atoms. The van der Waals surface area contributed by atoms with E-state index in [1.165, 1.54) is 7.11 Å². The minimum atomic E-state index is -0.437. The van der Waals surface area contributed by atoms with E-state index in [4.69, 9.17) is 9.47 Å². The summed E-state index contributed by atoms with van der Waals surface area (Å²) in [5.74, 6) is -0.214. The quantitative estimate of drug-likeness (QED) is 0.751. The Labute approximate surface area is 131 Å². The van der Waals surface area contributed by atoms with Gasteiger partial charge < -0.3 is 19.5 Å². The van der Waals surface area contributed by atoms with Gasteiger partial charge in [0.2, 0.25) is 0 Å². The van der Waals surface area contributed by atoms with Gasteiger partial charge in [0.15, 0.2) is 6.61 Å². The Morgan fingerprint density at radius 1 is 1.33 bits per heavy atom. The van der Waals surface area contributed by atoms with Crippen LogP contribution in [0.1, 0.15) is 17.3 Å². The average molecular weight is 360 g/mol. The van der Waals surface area contributed by atoms with Gasteiger partial charge in [0.1, 0.15) is 5.75 Å². The van der Waals surface area contributed by atoms with Gasteiger partial charge in [0.05, 0.1) is 23.8 Å². The van der Waals surface area contributed by atoms with Crippen molar-refractivity contribution in [3.63, 3.8) is 0 Å². The molecule has 1 aromatic rings. The lowest BCUT2D eigenvalue weighted by Crippen LogP contribution is -2.38. The largest absolute Gasteiger partial charge is 0.483 e. The predicted octanol–water partition coefficient (Wildman–Crippen LogP) is 1.77. The van der Waals surface area contributed by atoms with E-state index < -0.39 is 5.97 Å². The van der Waals surface area contributed by atoms with Crippen molar-refractivity contribution in [2.24, 2.45) is 0 Å². The highest BCUT2D eigenvalue weighted by molar-refractivity contribution is 9.10. The van der Waals surface area contributed by atoms with Crippen LogP contribution in [0.3, 0.4) is 0 Å². The first-order valence-electron chi connectivity index (χ1n) is 6.27. The molecule has 7 heteroatoms. The number of carbonyl (C=O) groups is 2. The highest BCUT2D eigenvalue weighted by atomic mass is 79.9. The summed E-state index contributed by atoms with van der Waals surface area (Å²) in [7, 11) is 2.88. The molecule has 1 amide bonds. The van der Waals surface area contributed by atoms with Gasteiger partial charge in [-0.2, -0.15) is 0 Å². The number of rotatable bonds is 7. The lowest BCUT2D eigenvalue weighted by Gasteiger charge is -2.13. The zero-order chi connectivity index (χ0) is 15.8. The van der Waals surface area contributed by atoms with Crippen molar-refractivity contribution in [2.45, 2.75) is 13.0 Å². The van der Waals surface area contributed by atoms with E-state index in [2.05, 4.69) is 26.0 Å². The fourth-order valence-electron chi connectivity index (χ4n) is 1.61. The number of esters is 1. The number of ether oxygens (including phenoxy) is 3. The molecule has 21 heavy (non-hydrogen) atoms. The predicted molar refractivity (Wildman–Crippen MR) is 80.5 cm³/mol. The maximum Gasteiger partial charge on any atom is 0.337 e. The molecule has 1 atom stereocenters. The van der Waals surface area contributed by atoms with Crippen molar-refractivity contribution in [3.8, 4) is 5.75 Å². The molecular formula is C14H18BrNO5. The standard InChI is InChI=1S/C14H18BrNO5/c1-9(7-19-2)16-13(17)8-21-12-5-4-10(6-11(12)15)14(18)20-3/h4-6,9H,7-8H2,1-3H3,(H,16,17)/t9-/m1/s1. The maximum atomic E-state index is 11.7. The lowest BCUT2D eigenvalue weighted by molar-refractivity contribution is -0.124. The first kappa shape index (κ1) is 17.5. The molecule has 0 fully saturated rings. The van der Waals surface area contributed by atoms with Gasteiger partial charge in [-0.05, 0) is 41.1 Å². The highest BCUT2D eigenvalue weighted by Gasteiger charge is 2.11. The van der Waals surface area contributed by atoms with Gasteiger partial charge in [-0.15, -0.1) is 0 Å². The van der Waals surface area contributed by atoms with Crippen LogP contribution in [0.15, 0.2) is 22.7 Å². The van der Waals surface area contributed by atoms with E-state index in [9.17, 15) is 9.59 Å². The fourth-order valence-corrected chi connectivity index (χ4v) is 2.11. The van der Waals surface area contributed by atoms with Crippen LogP contribution in [-0.4, -0.2) is 45.4 Å². The van der Waals surface area contributed by atoms with Crippen LogP contribution in [0.5, 0.6) is 5.75 Å². The Morgan fingerprint density at radius 2 is 2.05 bits per heavy atom. The van der Waals surface area contributed by atoms with Crippen molar-refractivity contribution in [1.29, 1.82) is 0 Å². The number of benzene rings is 1. The summed E-state index contributed by atoms with van der Waals surface area (Å²) in [5.41, 5.74) is 0.398. The van der Waals surface area contributed by atoms with Gasteiger partial charge in [-0.1, -0.05) is 0 Å². The van der Waals surface area contributed by atoms with Gasteiger partial charge in [-0.3, -0.25) is 4.79 Å². The number of methoxy groups -OCH3 is 2. The first-order valence-corrected chi connectivity index (χ1v) is 7.06. The summed E-state index contributed by atoms with van der Waals surface area (Å²) in [6.45, 7) is 2.15. The summed E-state index contributed by atoms with van der Waals surface area (Å²) in [4.78, 5) is 23.0. The van der Waals surface area contributed by atoms with Crippen molar-refractivity contribution in [2.75, 3.05) is 27.4 Å². The van der Waals surface area contributed by atoms with Crippen LogP contribution in [0.25, 0.3) is 0 Å². The van der Waals surface area contributed by atoms with E-state index in [1.54, 1.807) is 25.3 Å². The Hall–Kier alpha value is -1.60. The second-order valence-electron chi connectivity index (χ2n) is 4.35. The number of hydrogen-bond donors (Lipinski definition) is 1. The normalized spacial score (nSPS) is 11.6. The molecule has 0 aromatic heterocycles. The minimum Gasteiger partial charge on any atom is -0.483 e. The summed E-state index contributed by atoms with van der Waals surface area (Å²) in [5, 5.41) is 2.73. The monoisotopic (exact) mass is 359 g/mol. The van der Waals surface area contributed by atoms with Crippen LogP contribution >= 0.6 is 15.9 Å². The lowest BCUT2D eigenvalue weighted by atomic mass is 10.2. The van der Waals surface area contributed by atoms with Crippen molar-refractivity contribution < 1.29 is 23.8 Å². The summed E-state index contributed by atoms with van der Waals surface area (Å²) < 4.78 is 15.5. The second-order valence-corrected chi connectivity index (χ2v) is 5.20. The number of carbonyl (C=O) groups excluding carboxylic acids is 2.